The van der Waals surface area contributed by atoms with Gasteiger partial charge in [-0.1, -0.05) is 42.5 Å². The predicted octanol–water partition coefficient (Wildman–Crippen LogP) is 3.79. The van der Waals surface area contributed by atoms with Gasteiger partial charge in [-0.25, -0.2) is 4.39 Å². The van der Waals surface area contributed by atoms with Crippen molar-refractivity contribution in [1.29, 1.82) is 0 Å². The quantitative estimate of drug-likeness (QED) is 0.478. The Morgan fingerprint density at radius 1 is 1.03 bits per heavy atom. The number of hydrogen-bond acceptors (Lipinski definition) is 3. The summed E-state index contributed by atoms with van der Waals surface area (Å²) in [5.74, 6) is -1.14. The van der Waals surface area contributed by atoms with E-state index in [0.29, 0.717) is 6.54 Å². The van der Waals surface area contributed by atoms with E-state index in [1.807, 2.05) is 24.4 Å². The van der Waals surface area contributed by atoms with Gasteiger partial charge in [-0.2, -0.15) is 0 Å². The minimum Gasteiger partial charge on any atom is -0.394 e. The normalized spacial score (nSPS) is 21.7. The van der Waals surface area contributed by atoms with Crippen molar-refractivity contribution in [3.05, 3.63) is 95.9 Å². The first-order valence-electron chi connectivity index (χ1n) is 11.7. The first-order chi connectivity index (χ1) is 17.0. The van der Waals surface area contributed by atoms with Crippen molar-refractivity contribution in [1.82, 2.24) is 14.8 Å². The van der Waals surface area contributed by atoms with Crippen LogP contribution < -0.4 is 0 Å². The van der Waals surface area contributed by atoms with Crippen molar-refractivity contribution in [2.24, 2.45) is 0 Å². The number of aromatic amines is 1. The van der Waals surface area contributed by atoms with Crippen LogP contribution in [0.3, 0.4) is 0 Å². The Kier molecular flexibility index (Phi) is 5.15. The first kappa shape index (κ1) is 21.6. The number of carbonyl (C=O) groups is 2. The van der Waals surface area contributed by atoms with Crippen LogP contribution in [0.2, 0.25) is 0 Å². The number of nitrogens with zero attached hydrogens (tertiary/aromatic N) is 2. The number of fused-ring (bicyclic) bond motifs is 2. The summed E-state index contributed by atoms with van der Waals surface area (Å²) >= 11 is 0. The molecule has 6 rings (SSSR count). The number of halogens is 1. The van der Waals surface area contributed by atoms with E-state index in [0.717, 1.165) is 27.6 Å². The van der Waals surface area contributed by atoms with E-state index in [1.54, 1.807) is 11.0 Å². The van der Waals surface area contributed by atoms with Crippen LogP contribution in [0.5, 0.6) is 0 Å². The lowest BCUT2D eigenvalue weighted by atomic mass is 9.73. The number of amides is 2. The maximum absolute atomic E-state index is 13.6. The molecule has 2 aliphatic heterocycles. The van der Waals surface area contributed by atoms with Crippen molar-refractivity contribution >= 4 is 22.7 Å². The van der Waals surface area contributed by atoms with Gasteiger partial charge in [-0.3, -0.25) is 9.59 Å². The zero-order valence-corrected chi connectivity index (χ0v) is 18.9. The largest absolute Gasteiger partial charge is 0.394 e. The van der Waals surface area contributed by atoms with Gasteiger partial charge in [0.25, 0.3) is 5.91 Å². The van der Waals surface area contributed by atoms with Crippen molar-refractivity contribution in [2.75, 3.05) is 19.7 Å². The lowest BCUT2D eigenvalue weighted by Crippen LogP contribution is -2.73. The Hall–Kier alpha value is -3.97. The lowest BCUT2D eigenvalue weighted by molar-refractivity contribution is -0.159. The average Bonchev–Trinajstić information content (AvgIpc) is 3.33. The monoisotopic (exact) mass is 469 g/mol. The van der Waals surface area contributed by atoms with Gasteiger partial charge >= 0.3 is 0 Å². The number of piperazine rings is 1. The molecule has 3 heterocycles. The smallest absolute Gasteiger partial charge is 0.254 e. The number of rotatable bonds is 4. The maximum Gasteiger partial charge on any atom is 0.254 e. The third kappa shape index (κ3) is 3.59. The molecule has 0 radical (unpaired) electrons. The second-order valence-corrected chi connectivity index (χ2v) is 9.24. The van der Waals surface area contributed by atoms with Crippen molar-refractivity contribution in [2.45, 2.75) is 18.0 Å². The molecule has 7 heteroatoms. The van der Waals surface area contributed by atoms with Gasteiger partial charge < -0.3 is 19.9 Å². The Balaban J connectivity index is 1.25. The summed E-state index contributed by atoms with van der Waals surface area (Å²) in [7, 11) is 0. The van der Waals surface area contributed by atoms with E-state index in [9.17, 15) is 19.1 Å². The van der Waals surface area contributed by atoms with Crippen LogP contribution in [0, 0.1) is 5.82 Å². The molecule has 35 heavy (non-hydrogen) atoms. The molecule has 0 bridgehead atoms. The molecule has 4 aromatic rings. The highest BCUT2D eigenvalue weighted by molar-refractivity contribution is 5.97. The molecule has 2 fully saturated rings. The lowest BCUT2D eigenvalue weighted by Gasteiger charge is -2.58. The van der Waals surface area contributed by atoms with Gasteiger partial charge in [0.05, 0.1) is 18.7 Å². The molecule has 0 aliphatic carbocycles. The molecule has 2 aliphatic rings. The Morgan fingerprint density at radius 3 is 2.60 bits per heavy atom. The summed E-state index contributed by atoms with van der Waals surface area (Å²) in [6.07, 6.45) is 1.92. The highest BCUT2D eigenvalue weighted by Crippen LogP contribution is 2.43. The highest BCUT2D eigenvalue weighted by Gasteiger charge is 2.54. The number of hydrogen-bond donors (Lipinski definition) is 2. The zero-order valence-electron chi connectivity index (χ0n) is 18.9. The van der Waals surface area contributed by atoms with Crippen LogP contribution in [0.15, 0.2) is 79.0 Å². The van der Waals surface area contributed by atoms with Gasteiger partial charge in [0.15, 0.2) is 0 Å². The van der Waals surface area contributed by atoms with E-state index in [-0.39, 0.29) is 48.5 Å². The predicted molar refractivity (Wildman–Crippen MR) is 130 cm³/mol. The topological polar surface area (TPSA) is 76.6 Å². The van der Waals surface area contributed by atoms with E-state index in [4.69, 9.17) is 0 Å². The maximum atomic E-state index is 13.6. The number of aromatic nitrogens is 1. The molecule has 2 N–H and O–H groups in total. The molecule has 0 spiro atoms. The zero-order chi connectivity index (χ0) is 24.1. The molecular weight excluding hydrogens is 445 g/mol. The number of H-pyrrole nitrogens is 1. The molecule has 2 saturated heterocycles. The van der Waals surface area contributed by atoms with Crippen LogP contribution in [-0.2, 0) is 4.79 Å². The number of nitrogens with one attached hydrogen (secondary N) is 1. The molecule has 2 amide bonds. The van der Waals surface area contributed by atoms with Gasteiger partial charge in [-0.15, -0.1) is 0 Å². The second-order valence-electron chi connectivity index (χ2n) is 9.24. The molecule has 0 unspecified atom stereocenters. The summed E-state index contributed by atoms with van der Waals surface area (Å²) in [6, 6.07) is 21.5. The van der Waals surface area contributed by atoms with Crippen molar-refractivity contribution in [3.8, 4) is 11.1 Å². The fourth-order valence-electron chi connectivity index (χ4n) is 5.58. The van der Waals surface area contributed by atoms with E-state index in [1.165, 1.54) is 23.1 Å². The van der Waals surface area contributed by atoms with Crippen LogP contribution in [0.1, 0.15) is 21.8 Å². The van der Waals surface area contributed by atoms with Crippen molar-refractivity contribution < 1.29 is 19.1 Å². The van der Waals surface area contributed by atoms with E-state index >= 15 is 0 Å². The summed E-state index contributed by atoms with van der Waals surface area (Å²) in [5, 5.41) is 11.2. The van der Waals surface area contributed by atoms with Crippen LogP contribution in [-0.4, -0.2) is 63.5 Å². The Labute approximate surface area is 201 Å². The summed E-state index contributed by atoms with van der Waals surface area (Å²) < 4.78 is 13.6. The number of aliphatic hydroxyl groups excluding tert-OH is 1. The second kappa shape index (κ2) is 8.36. The van der Waals surface area contributed by atoms with E-state index in [2.05, 4.69) is 35.3 Å². The molecule has 6 nitrogen and oxygen atoms in total. The Morgan fingerprint density at radius 2 is 1.83 bits per heavy atom. The minimum atomic E-state index is -0.488. The summed E-state index contributed by atoms with van der Waals surface area (Å²) in [5.41, 5.74) is 4.49. The molecule has 176 valence electrons. The molecule has 1 aromatic heterocycles. The third-order valence-electron chi connectivity index (χ3n) is 7.29. The SMILES string of the molecule is O=C(c1cccc(F)c1)N1CC(=O)N2[C@H](CO)[C@H](c3ccc(-c4ccc5cc[nH]c5c4)cc3)[C@@H]2C1. The van der Waals surface area contributed by atoms with Gasteiger partial charge in [0, 0.05) is 29.7 Å². The first-order valence-corrected chi connectivity index (χ1v) is 11.7. The average molecular weight is 470 g/mol. The minimum absolute atomic E-state index is 0.0742. The highest BCUT2D eigenvalue weighted by atomic mass is 19.1. The van der Waals surface area contributed by atoms with Crippen LogP contribution in [0.4, 0.5) is 4.39 Å². The molecular formula is C28H24FN3O3. The molecule has 0 saturated carbocycles. The standard InChI is InChI=1S/C28H24FN3O3/c29-22-3-1-2-21(12-22)28(35)31-14-24-27(25(16-33)32(24)26(34)15-31)19-7-4-17(5-8-19)20-9-6-18-10-11-30-23(18)13-20/h1-13,24-25,27,30,33H,14-16H2/t24-,25+,27+/m0/s1. The fraction of sp³-hybridized carbons (Fsp3) is 0.214. The van der Waals surface area contributed by atoms with Gasteiger partial charge in [0.2, 0.25) is 5.91 Å². The van der Waals surface area contributed by atoms with Gasteiger partial charge in [-0.05, 0) is 52.4 Å². The molecule has 3 atom stereocenters. The number of benzene rings is 3. The summed E-state index contributed by atoms with van der Waals surface area (Å²) in [6.45, 7) is 0.124. The van der Waals surface area contributed by atoms with Crippen LogP contribution in [0.25, 0.3) is 22.0 Å². The summed E-state index contributed by atoms with van der Waals surface area (Å²) in [4.78, 5) is 32.3. The van der Waals surface area contributed by atoms with Crippen molar-refractivity contribution in [3.63, 3.8) is 0 Å². The Bertz CT molecular complexity index is 1430. The fourth-order valence-corrected chi connectivity index (χ4v) is 5.58. The molecule has 3 aromatic carbocycles. The van der Waals surface area contributed by atoms with Gasteiger partial charge in [0.1, 0.15) is 12.4 Å². The van der Waals surface area contributed by atoms with E-state index < -0.39 is 5.82 Å². The third-order valence-corrected chi connectivity index (χ3v) is 7.29. The van der Waals surface area contributed by atoms with Crippen LogP contribution >= 0.6 is 0 Å². The number of aliphatic hydroxyl groups is 1. The number of carbonyl (C=O) groups excluding carboxylic acids is 2.